The molecule has 3 rings (SSSR count). The van der Waals surface area contributed by atoms with Crippen molar-refractivity contribution in [3.05, 3.63) is 59.2 Å². The molecule has 0 aliphatic carbocycles. The van der Waals surface area contributed by atoms with Gasteiger partial charge in [0, 0.05) is 17.7 Å². The van der Waals surface area contributed by atoms with Crippen molar-refractivity contribution in [1.29, 1.82) is 0 Å². The van der Waals surface area contributed by atoms with Gasteiger partial charge in [0.2, 0.25) is 0 Å². The number of phenolic OH excluding ortho intramolecular Hbond substituents is 2. The Morgan fingerprint density at radius 2 is 1.93 bits per heavy atom. The standard InChI is InChI=1S/C23H22O7/c1-14(24)17-11-16-8-9-23(2,30-20(16)12-19(17)26)13-29-22(27)7-5-15-4-6-18(25)21(10-15)28-3/h4-12,25-26H,13H2,1-3H3. The van der Waals surface area contributed by atoms with Crippen LogP contribution in [-0.4, -0.2) is 41.3 Å². The Morgan fingerprint density at radius 3 is 2.63 bits per heavy atom. The molecule has 1 aliphatic rings. The summed E-state index contributed by atoms with van der Waals surface area (Å²) < 4.78 is 16.2. The fourth-order valence-electron chi connectivity index (χ4n) is 2.94. The Balaban J connectivity index is 1.65. The zero-order chi connectivity index (χ0) is 21.9. The number of carbonyl (C=O) groups is 2. The molecule has 0 radical (unpaired) electrons. The first-order valence-corrected chi connectivity index (χ1v) is 9.19. The molecule has 0 saturated carbocycles. The molecule has 7 heteroatoms. The number of carbonyl (C=O) groups excluding carboxylic acids is 2. The molecule has 0 amide bonds. The third-order valence-electron chi connectivity index (χ3n) is 4.58. The maximum Gasteiger partial charge on any atom is 0.330 e. The molecule has 0 bridgehead atoms. The smallest absolute Gasteiger partial charge is 0.330 e. The maximum atomic E-state index is 12.1. The van der Waals surface area contributed by atoms with Crippen LogP contribution in [0.25, 0.3) is 12.2 Å². The quantitative estimate of drug-likeness (QED) is 0.425. The van der Waals surface area contributed by atoms with E-state index in [1.54, 1.807) is 43.4 Å². The van der Waals surface area contributed by atoms with Crippen molar-refractivity contribution < 1.29 is 34.0 Å². The molecule has 2 aromatic rings. The zero-order valence-corrected chi connectivity index (χ0v) is 16.8. The predicted octanol–water partition coefficient (Wildman–Crippen LogP) is 3.73. The molecule has 0 saturated heterocycles. The second-order valence-electron chi connectivity index (χ2n) is 7.08. The van der Waals surface area contributed by atoms with E-state index in [0.717, 1.165) is 0 Å². The Morgan fingerprint density at radius 1 is 1.17 bits per heavy atom. The van der Waals surface area contributed by atoms with Gasteiger partial charge in [-0.1, -0.05) is 12.1 Å². The number of ether oxygens (including phenoxy) is 3. The third kappa shape index (κ3) is 4.63. The van der Waals surface area contributed by atoms with E-state index in [2.05, 4.69) is 0 Å². The average molecular weight is 410 g/mol. The predicted molar refractivity (Wildman–Crippen MR) is 111 cm³/mol. The number of hydrogen-bond donors (Lipinski definition) is 2. The van der Waals surface area contributed by atoms with Crippen LogP contribution in [0.15, 0.2) is 42.5 Å². The van der Waals surface area contributed by atoms with Gasteiger partial charge in [0.1, 0.15) is 18.1 Å². The Bertz CT molecular complexity index is 1050. The molecule has 1 unspecified atom stereocenters. The minimum atomic E-state index is -0.928. The summed E-state index contributed by atoms with van der Waals surface area (Å²) >= 11 is 0. The van der Waals surface area contributed by atoms with E-state index >= 15 is 0 Å². The van der Waals surface area contributed by atoms with Crippen LogP contribution in [0.5, 0.6) is 23.0 Å². The molecule has 156 valence electrons. The van der Waals surface area contributed by atoms with E-state index in [1.807, 2.05) is 0 Å². The van der Waals surface area contributed by atoms with Crippen molar-refractivity contribution in [3.63, 3.8) is 0 Å². The van der Waals surface area contributed by atoms with Gasteiger partial charge in [-0.15, -0.1) is 0 Å². The summed E-state index contributed by atoms with van der Waals surface area (Å²) in [6, 6.07) is 7.63. The van der Waals surface area contributed by atoms with E-state index in [4.69, 9.17) is 14.2 Å². The molecule has 0 spiro atoms. The van der Waals surface area contributed by atoms with Gasteiger partial charge in [0.15, 0.2) is 22.9 Å². The topological polar surface area (TPSA) is 102 Å². The number of phenols is 2. The lowest BCUT2D eigenvalue weighted by Gasteiger charge is -2.31. The second-order valence-corrected chi connectivity index (χ2v) is 7.08. The van der Waals surface area contributed by atoms with Gasteiger partial charge in [-0.2, -0.15) is 0 Å². The molecule has 30 heavy (non-hydrogen) atoms. The highest BCUT2D eigenvalue weighted by atomic mass is 16.6. The molecule has 1 aliphatic heterocycles. The third-order valence-corrected chi connectivity index (χ3v) is 4.58. The molecule has 1 atom stereocenters. The van der Waals surface area contributed by atoms with E-state index in [1.165, 1.54) is 32.2 Å². The highest BCUT2D eigenvalue weighted by Crippen LogP contribution is 2.36. The van der Waals surface area contributed by atoms with Crippen LogP contribution in [0.1, 0.15) is 35.3 Å². The van der Waals surface area contributed by atoms with E-state index in [9.17, 15) is 19.8 Å². The highest BCUT2D eigenvalue weighted by Gasteiger charge is 2.30. The van der Waals surface area contributed by atoms with Crippen molar-refractivity contribution in [2.45, 2.75) is 19.4 Å². The number of fused-ring (bicyclic) bond motifs is 1. The van der Waals surface area contributed by atoms with Crippen LogP contribution in [-0.2, 0) is 9.53 Å². The normalized spacial score (nSPS) is 17.3. The monoisotopic (exact) mass is 410 g/mol. The summed E-state index contributed by atoms with van der Waals surface area (Å²) in [5.41, 5.74) is 0.603. The van der Waals surface area contributed by atoms with Crippen molar-refractivity contribution in [3.8, 4) is 23.0 Å². The van der Waals surface area contributed by atoms with E-state index in [0.29, 0.717) is 22.6 Å². The van der Waals surface area contributed by atoms with Gasteiger partial charge < -0.3 is 24.4 Å². The van der Waals surface area contributed by atoms with Crippen LogP contribution in [0, 0.1) is 0 Å². The van der Waals surface area contributed by atoms with Gasteiger partial charge >= 0.3 is 5.97 Å². The van der Waals surface area contributed by atoms with E-state index in [-0.39, 0.29) is 29.5 Å². The van der Waals surface area contributed by atoms with Gasteiger partial charge in [-0.05, 0) is 49.8 Å². The second kappa shape index (κ2) is 8.32. The first kappa shape index (κ1) is 21.0. The Labute approximate surface area is 173 Å². The maximum absolute atomic E-state index is 12.1. The lowest BCUT2D eigenvalue weighted by molar-refractivity contribution is -0.141. The largest absolute Gasteiger partial charge is 0.507 e. The SMILES string of the molecule is COc1cc(C=CC(=O)OCC2(C)C=Cc3cc(C(C)=O)c(O)cc3O2)ccc1O. The number of rotatable bonds is 6. The van der Waals surface area contributed by atoms with Gasteiger partial charge in [-0.3, -0.25) is 4.79 Å². The summed E-state index contributed by atoms with van der Waals surface area (Å²) in [4.78, 5) is 23.7. The van der Waals surface area contributed by atoms with Crippen molar-refractivity contribution in [1.82, 2.24) is 0 Å². The fourth-order valence-corrected chi connectivity index (χ4v) is 2.94. The number of Topliss-reactive ketones (excluding diaryl/α,β-unsaturated/α-hetero) is 1. The van der Waals surface area contributed by atoms with Crippen LogP contribution >= 0.6 is 0 Å². The van der Waals surface area contributed by atoms with Crippen molar-refractivity contribution in [2.24, 2.45) is 0 Å². The van der Waals surface area contributed by atoms with Gasteiger partial charge in [0.05, 0.1) is 12.7 Å². The molecule has 1 heterocycles. The van der Waals surface area contributed by atoms with Gasteiger partial charge in [-0.25, -0.2) is 4.79 Å². The summed E-state index contributed by atoms with van der Waals surface area (Å²) in [6.45, 7) is 3.06. The first-order valence-electron chi connectivity index (χ1n) is 9.19. The van der Waals surface area contributed by atoms with Crippen LogP contribution < -0.4 is 9.47 Å². The molecule has 0 fully saturated rings. The van der Waals surface area contributed by atoms with E-state index < -0.39 is 11.6 Å². The lowest BCUT2D eigenvalue weighted by atomic mass is 9.98. The minimum absolute atomic E-state index is 0.00753. The lowest BCUT2D eigenvalue weighted by Crippen LogP contribution is -2.38. The number of benzene rings is 2. The first-order chi connectivity index (χ1) is 14.2. The van der Waals surface area contributed by atoms with Crippen LogP contribution in [0.4, 0.5) is 0 Å². The van der Waals surface area contributed by atoms with Crippen molar-refractivity contribution >= 4 is 23.9 Å². The summed E-state index contributed by atoms with van der Waals surface area (Å²) in [5.74, 6) is -0.278. The summed E-state index contributed by atoms with van der Waals surface area (Å²) in [7, 11) is 1.44. The Hall–Kier alpha value is -3.74. The fraction of sp³-hybridized carbons (Fsp3) is 0.217. The minimum Gasteiger partial charge on any atom is -0.507 e. The molecule has 2 N–H and O–H groups in total. The molecule has 2 aromatic carbocycles. The van der Waals surface area contributed by atoms with Crippen molar-refractivity contribution in [2.75, 3.05) is 13.7 Å². The van der Waals surface area contributed by atoms with Gasteiger partial charge in [0.25, 0.3) is 0 Å². The number of hydrogen-bond acceptors (Lipinski definition) is 7. The summed E-state index contributed by atoms with van der Waals surface area (Å²) in [6.07, 6.45) is 6.30. The number of methoxy groups -OCH3 is 1. The van der Waals surface area contributed by atoms with Crippen LogP contribution in [0.2, 0.25) is 0 Å². The molecule has 7 nitrogen and oxygen atoms in total. The number of aromatic hydroxyl groups is 2. The van der Waals surface area contributed by atoms with Crippen LogP contribution in [0.3, 0.4) is 0 Å². The molecular weight excluding hydrogens is 388 g/mol. The average Bonchev–Trinajstić information content (AvgIpc) is 2.71. The molecular formula is C23H22O7. The Kier molecular flexibility index (Phi) is 5.82. The number of esters is 1. The summed E-state index contributed by atoms with van der Waals surface area (Å²) in [5, 5.41) is 19.6. The zero-order valence-electron chi connectivity index (χ0n) is 16.8. The molecule has 0 aromatic heterocycles. The number of ketones is 1. The highest BCUT2D eigenvalue weighted by molar-refractivity contribution is 5.97.